The highest BCUT2D eigenvalue weighted by atomic mass is 16.5. The van der Waals surface area contributed by atoms with Crippen molar-refractivity contribution in [3.8, 4) is 11.4 Å². The molecule has 0 aliphatic carbocycles. The van der Waals surface area contributed by atoms with Crippen molar-refractivity contribution in [1.29, 1.82) is 0 Å². The van der Waals surface area contributed by atoms with Crippen LogP contribution in [0.4, 0.5) is 0 Å². The number of hydrogen-bond acceptors (Lipinski definition) is 2. The number of aromatic nitrogens is 2. The van der Waals surface area contributed by atoms with Gasteiger partial charge in [-0.15, -0.1) is 0 Å². The molecule has 0 bridgehead atoms. The maximum atomic E-state index is 9.48. The van der Waals surface area contributed by atoms with Gasteiger partial charge in [0.25, 0.3) is 0 Å². The fourth-order valence-electron chi connectivity index (χ4n) is 1.27. The highest BCUT2D eigenvalue weighted by molar-refractivity contribution is 5.45. The molecule has 2 aromatic heterocycles. The third kappa shape index (κ3) is 1.37. The van der Waals surface area contributed by atoms with Crippen LogP contribution in [-0.2, 0) is 0 Å². The third-order valence-electron chi connectivity index (χ3n) is 1.94. The van der Waals surface area contributed by atoms with Crippen molar-refractivity contribution in [2.75, 3.05) is 0 Å². The van der Waals surface area contributed by atoms with Gasteiger partial charge in [0.15, 0.2) is 0 Å². The van der Waals surface area contributed by atoms with Crippen LogP contribution in [-0.4, -0.2) is 10.4 Å². The zero-order valence-electron chi connectivity index (χ0n) is 7.41. The van der Waals surface area contributed by atoms with E-state index in [1.165, 1.54) is 12.4 Å². The van der Waals surface area contributed by atoms with Gasteiger partial charge in [0, 0.05) is 33.7 Å². The SMILES string of the molecule is O[n+]1ccccc1-c1cccc[n+]1O. The molecule has 14 heavy (non-hydrogen) atoms. The van der Waals surface area contributed by atoms with Crippen molar-refractivity contribution in [3.05, 3.63) is 48.8 Å². The van der Waals surface area contributed by atoms with Crippen LogP contribution in [0, 0.1) is 0 Å². The summed E-state index contributed by atoms with van der Waals surface area (Å²) in [6, 6.07) is 10.4. The van der Waals surface area contributed by atoms with Crippen molar-refractivity contribution in [2.45, 2.75) is 0 Å². The first-order valence-electron chi connectivity index (χ1n) is 4.19. The Balaban J connectivity index is 2.61. The van der Waals surface area contributed by atoms with Gasteiger partial charge >= 0.3 is 11.4 Å². The average Bonchev–Trinajstić information content (AvgIpc) is 2.20. The van der Waals surface area contributed by atoms with Gasteiger partial charge in [-0.25, -0.2) is 0 Å². The fourth-order valence-corrected chi connectivity index (χ4v) is 1.27. The Labute approximate surface area is 80.8 Å². The van der Waals surface area contributed by atoms with Gasteiger partial charge in [-0.05, 0) is 12.1 Å². The van der Waals surface area contributed by atoms with E-state index >= 15 is 0 Å². The first-order chi connectivity index (χ1) is 6.79. The maximum absolute atomic E-state index is 9.48. The lowest BCUT2D eigenvalue weighted by atomic mass is 10.2. The summed E-state index contributed by atoms with van der Waals surface area (Å²) in [5.41, 5.74) is 1.05. The number of rotatable bonds is 1. The van der Waals surface area contributed by atoms with E-state index in [1.807, 2.05) is 0 Å². The normalized spacial score (nSPS) is 10.0. The molecule has 0 spiro atoms. The Morgan fingerprint density at radius 3 is 1.50 bits per heavy atom. The second kappa shape index (κ2) is 3.33. The quantitative estimate of drug-likeness (QED) is 0.505. The molecular formula is C10H10N2O2+2. The van der Waals surface area contributed by atoms with E-state index in [-0.39, 0.29) is 0 Å². The van der Waals surface area contributed by atoms with E-state index in [9.17, 15) is 10.4 Å². The predicted octanol–water partition coefficient (Wildman–Crippen LogP) is 0.403. The van der Waals surface area contributed by atoms with Crippen molar-refractivity contribution < 1.29 is 19.9 Å². The summed E-state index contributed by atoms with van der Waals surface area (Å²) in [7, 11) is 0. The highest BCUT2D eigenvalue weighted by Crippen LogP contribution is 2.07. The fraction of sp³-hybridized carbons (Fsp3) is 0. The Kier molecular flexibility index (Phi) is 2.02. The Bertz CT molecular complexity index is 414. The molecule has 0 atom stereocenters. The van der Waals surface area contributed by atoms with Crippen LogP contribution in [0.15, 0.2) is 48.8 Å². The Morgan fingerprint density at radius 2 is 1.14 bits per heavy atom. The van der Waals surface area contributed by atoms with Crippen molar-refractivity contribution in [2.24, 2.45) is 0 Å². The van der Waals surface area contributed by atoms with Crippen LogP contribution in [0.3, 0.4) is 0 Å². The topological polar surface area (TPSA) is 48.2 Å². The molecule has 2 rings (SSSR count). The molecule has 0 aliphatic heterocycles. The third-order valence-corrected chi connectivity index (χ3v) is 1.94. The summed E-state index contributed by atoms with van der Waals surface area (Å²) in [5, 5.41) is 19.0. The van der Waals surface area contributed by atoms with Gasteiger partial charge in [0.1, 0.15) is 0 Å². The second-order valence-electron chi connectivity index (χ2n) is 2.86. The minimum absolute atomic E-state index is 0.524. The molecule has 0 unspecified atom stereocenters. The van der Waals surface area contributed by atoms with Gasteiger partial charge in [-0.2, -0.15) is 0 Å². The minimum Gasteiger partial charge on any atom is -0.284 e. The lowest BCUT2D eigenvalue weighted by Crippen LogP contribution is -2.39. The van der Waals surface area contributed by atoms with Crippen molar-refractivity contribution in [1.82, 2.24) is 0 Å². The molecule has 2 aromatic rings. The molecule has 0 radical (unpaired) electrons. The second-order valence-corrected chi connectivity index (χ2v) is 2.86. The minimum atomic E-state index is 0.524. The lowest BCUT2D eigenvalue weighted by molar-refractivity contribution is -0.918. The van der Waals surface area contributed by atoms with E-state index in [0.717, 1.165) is 9.46 Å². The maximum Gasteiger partial charge on any atom is 0.332 e. The number of hydrogen-bond donors (Lipinski definition) is 2. The van der Waals surface area contributed by atoms with E-state index in [4.69, 9.17) is 0 Å². The first kappa shape index (κ1) is 8.50. The van der Waals surface area contributed by atoms with E-state index in [2.05, 4.69) is 0 Å². The van der Waals surface area contributed by atoms with Gasteiger partial charge < -0.3 is 0 Å². The summed E-state index contributed by atoms with van der Waals surface area (Å²) in [4.78, 5) is 0. The van der Waals surface area contributed by atoms with E-state index < -0.39 is 0 Å². The zero-order valence-corrected chi connectivity index (χ0v) is 7.41. The molecule has 0 aromatic carbocycles. The number of pyridine rings is 2. The van der Waals surface area contributed by atoms with Gasteiger partial charge in [0.2, 0.25) is 12.4 Å². The summed E-state index contributed by atoms with van der Waals surface area (Å²) >= 11 is 0. The summed E-state index contributed by atoms with van der Waals surface area (Å²) in [6.07, 6.45) is 3.00. The molecule has 0 fully saturated rings. The smallest absolute Gasteiger partial charge is 0.284 e. The van der Waals surface area contributed by atoms with Gasteiger partial charge in [-0.1, -0.05) is 0 Å². The Hall–Kier alpha value is -2.10. The van der Waals surface area contributed by atoms with Crippen molar-refractivity contribution in [3.63, 3.8) is 0 Å². The monoisotopic (exact) mass is 190 g/mol. The molecule has 0 aliphatic rings. The summed E-state index contributed by atoms with van der Waals surface area (Å²) < 4.78 is 1.92. The highest BCUT2D eigenvalue weighted by Gasteiger charge is 2.22. The molecule has 2 N–H and O–H groups in total. The van der Waals surface area contributed by atoms with Crippen LogP contribution >= 0.6 is 0 Å². The van der Waals surface area contributed by atoms with Crippen LogP contribution in [0.1, 0.15) is 0 Å². The molecule has 0 amide bonds. The van der Waals surface area contributed by atoms with Crippen LogP contribution in [0.5, 0.6) is 0 Å². The molecule has 0 saturated heterocycles. The lowest BCUT2D eigenvalue weighted by Gasteiger charge is -1.92. The average molecular weight is 190 g/mol. The molecule has 4 nitrogen and oxygen atoms in total. The van der Waals surface area contributed by atoms with Crippen LogP contribution in [0.25, 0.3) is 11.4 Å². The summed E-state index contributed by atoms with van der Waals surface area (Å²) in [6.45, 7) is 0. The molecule has 0 saturated carbocycles. The van der Waals surface area contributed by atoms with Crippen LogP contribution < -0.4 is 9.46 Å². The van der Waals surface area contributed by atoms with Crippen LogP contribution in [0.2, 0.25) is 0 Å². The van der Waals surface area contributed by atoms with Gasteiger partial charge in [0.05, 0.1) is 0 Å². The standard InChI is InChI=1S/C10H10N2O2/c13-11-7-3-1-5-9(11)10-6-2-4-8-12(10)14/h1-8,13-14H/q+2. The largest absolute Gasteiger partial charge is 0.332 e. The molecule has 70 valence electrons. The Morgan fingerprint density at radius 1 is 0.714 bits per heavy atom. The van der Waals surface area contributed by atoms with E-state index in [0.29, 0.717) is 11.4 Å². The molecule has 4 heteroatoms. The predicted molar refractivity (Wildman–Crippen MR) is 46.6 cm³/mol. The molecular weight excluding hydrogens is 180 g/mol. The first-order valence-corrected chi connectivity index (χ1v) is 4.19. The zero-order chi connectivity index (χ0) is 9.97. The van der Waals surface area contributed by atoms with Crippen molar-refractivity contribution >= 4 is 0 Å². The molecule has 2 heterocycles. The summed E-state index contributed by atoms with van der Waals surface area (Å²) in [5.74, 6) is 0. The van der Waals surface area contributed by atoms with E-state index in [1.54, 1.807) is 36.4 Å². The number of nitrogens with zero attached hydrogens (tertiary/aromatic N) is 2. The van der Waals surface area contributed by atoms with Gasteiger partial charge in [-0.3, -0.25) is 10.4 Å².